The minimum absolute atomic E-state index is 0.119. The summed E-state index contributed by atoms with van der Waals surface area (Å²) in [5.41, 5.74) is 6.49. The van der Waals surface area contributed by atoms with Gasteiger partial charge in [0.05, 0.1) is 12.4 Å². The molecule has 0 aliphatic carbocycles. The molecule has 0 aromatic heterocycles. The van der Waals surface area contributed by atoms with E-state index >= 15 is 0 Å². The molecular weight excluding hydrogens is 188 g/mol. The lowest BCUT2D eigenvalue weighted by molar-refractivity contribution is 0.0953. The highest BCUT2D eigenvalue weighted by Crippen LogP contribution is 2.11. The Morgan fingerprint density at radius 3 is 2.67 bits per heavy atom. The molecule has 0 saturated heterocycles. The number of carbonyl (C=O) groups excluding carboxylic acids is 1. The number of hydrogen-bond acceptors (Lipinski definition) is 3. The van der Waals surface area contributed by atoms with E-state index in [9.17, 15) is 4.79 Å². The van der Waals surface area contributed by atoms with E-state index < -0.39 is 0 Å². The summed E-state index contributed by atoms with van der Waals surface area (Å²) in [6.45, 7) is 1.23. The monoisotopic (exact) mass is 202 g/mol. The van der Waals surface area contributed by atoms with Gasteiger partial charge in [0.15, 0.2) is 5.78 Å². The maximum absolute atomic E-state index is 11.8. The van der Waals surface area contributed by atoms with Gasteiger partial charge in [0.2, 0.25) is 0 Å². The largest absolute Gasteiger partial charge is 0.386 e. The van der Waals surface area contributed by atoms with Crippen LogP contribution in [-0.4, -0.2) is 23.8 Å². The fourth-order valence-electron chi connectivity index (χ4n) is 1.69. The van der Waals surface area contributed by atoms with Crippen LogP contribution in [-0.2, 0) is 0 Å². The second-order valence-electron chi connectivity index (χ2n) is 3.63. The van der Waals surface area contributed by atoms with Crippen LogP contribution in [0.25, 0.3) is 0 Å². The van der Waals surface area contributed by atoms with Crippen LogP contribution in [0, 0.1) is 0 Å². The van der Waals surface area contributed by atoms with Gasteiger partial charge in [-0.2, -0.15) is 0 Å². The average molecular weight is 202 g/mol. The molecule has 0 bridgehead atoms. The Balaban J connectivity index is 2.02. The Morgan fingerprint density at radius 2 is 2.07 bits per heavy atom. The Kier molecular flexibility index (Phi) is 2.72. The molecule has 3 heteroatoms. The van der Waals surface area contributed by atoms with Crippen molar-refractivity contribution in [1.29, 1.82) is 0 Å². The first kappa shape index (κ1) is 9.77. The van der Waals surface area contributed by atoms with Crippen molar-refractivity contribution in [2.24, 2.45) is 5.73 Å². The Morgan fingerprint density at radius 1 is 1.33 bits per heavy atom. The minimum atomic E-state index is 0.119. The number of nitrogens with zero attached hydrogens (tertiary/aromatic N) is 1. The highest BCUT2D eigenvalue weighted by atomic mass is 16.1. The van der Waals surface area contributed by atoms with Gasteiger partial charge in [0, 0.05) is 12.1 Å². The van der Waals surface area contributed by atoms with Gasteiger partial charge in [0.25, 0.3) is 0 Å². The maximum Gasteiger partial charge on any atom is 0.182 e. The molecule has 78 valence electrons. The summed E-state index contributed by atoms with van der Waals surface area (Å²) >= 11 is 0. The molecular formula is C12H14N2O. The van der Waals surface area contributed by atoms with Gasteiger partial charge in [-0.1, -0.05) is 30.3 Å². The molecule has 1 aromatic carbocycles. The third-order valence-corrected chi connectivity index (χ3v) is 2.55. The van der Waals surface area contributed by atoms with Crippen molar-refractivity contribution in [3.8, 4) is 0 Å². The summed E-state index contributed by atoms with van der Waals surface area (Å²) in [4.78, 5) is 13.7. The van der Waals surface area contributed by atoms with E-state index in [1.54, 1.807) is 0 Å². The SMILES string of the molecule is NC1=CCCN1CC(=O)c1ccccc1. The summed E-state index contributed by atoms with van der Waals surface area (Å²) in [6.07, 6.45) is 2.90. The standard InChI is InChI=1S/C12H14N2O/c13-12-7-4-8-14(12)9-11(15)10-5-2-1-3-6-10/h1-3,5-7H,4,8-9,13H2. The lowest BCUT2D eigenvalue weighted by atomic mass is 10.1. The van der Waals surface area contributed by atoms with Crippen molar-refractivity contribution < 1.29 is 4.79 Å². The number of hydrogen-bond donors (Lipinski definition) is 1. The quantitative estimate of drug-likeness (QED) is 0.753. The molecule has 0 amide bonds. The lowest BCUT2D eigenvalue weighted by Gasteiger charge is -2.18. The smallest absolute Gasteiger partial charge is 0.182 e. The van der Waals surface area contributed by atoms with E-state index in [0.717, 1.165) is 24.4 Å². The van der Waals surface area contributed by atoms with Crippen molar-refractivity contribution in [2.45, 2.75) is 6.42 Å². The third-order valence-electron chi connectivity index (χ3n) is 2.55. The number of carbonyl (C=O) groups is 1. The molecule has 0 fully saturated rings. The Hall–Kier alpha value is -1.77. The summed E-state index contributed by atoms with van der Waals surface area (Å²) in [6, 6.07) is 9.31. The summed E-state index contributed by atoms with van der Waals surface area (Å²) < 4.78 is 0. The zero-order valence-electron chi connectivity index (χ0n) is 8.52. The molecule has 1 aliphatic heterocycles. The van der Waals surface area contributed by atoms with Gasteiger partial charge in [0.1, 0.15) is 0 Å². The zero-order valence-corrected chi connectivity index (χ0v) is 8.52. The number of benzene rings is 1. The third kappa shape index (κ3) is 2.18. The van der Waals surface area contributed by atoms with E-state index in [-0.39, 0.29) is 5.78 Å². The molecule has 3 nitrogen and oxygen atoms in total. The topological polar surface area (TPSA) is 46.3 Å². The van der Waals surface area contributed by atoms with Gasteiger partial charge in [-0.25, -0.2) is 0 Å². The molecule has 0 saturated carbocycles. The average Bonchev–Trinajstić information content (AvgIpc) is 2.66. The fourth-order valence-corrected chi connectivity index (χ4v) is 1.69. The van der Waals surface area contributed by atoms with E-state index in [0.29, 0.717) is 6.54 Å². The van der Waals surface area contributed by atoms with Crippen molar-refractivity contribution in [3.05, 3.63) is 47.8 Å². The lowest BCUT2D eigenvalue weighted by Crippen LogP contribution is -2.30. The molecule has 0 unspecified atom stereocenters. The van der Waals surface area contributed by atoms with E-state index in [1.807, 2.05) is 41.3 Å². The van der Waals surface area contributed by atoms with Crippen LogP contribution in [0.3, 0.4) is 0 Å². The van der Waals surface area contributed by atoms with Crippen LogP contribution < -0.4 is 5.73 Å². The fraction of sp³-hybridized carbons (Fsp3) is 0.250. The van der Waals surface area contributed by atoms with Crippen molar-refractivity contribution in [1.82, 2.24) is 4.90 Å². The van der Waals surface area contributed by atoms with Crippen LogP contribution in [0.15, 0.2) is 42.2 Å². The molecule has 0 spiro atoms. The predicted molar refractivity (Wildman–Crippen MR) is 59.2 cm³/mol. The maximum atomic E-state index is 11.8. The normalized spacial score (nSPS) is 15.2. The van der Waals surface area contributed by atoms with E-state index in [4.69, 9.17) is 5.73 Å². The first-order valence-electron chi connectivity index (χ1n) is 5.06. The predicted octanol–water partition coefficient (Wildman–Crippen LogP) is 1.38. The number of rotatable bonds is 3. The number of Topliss-reactive ketones (excluding diaryl/α,β-unsaturated/α-hetero) is 1. The molecule has 2 N–H and O–H groups in total. The van der Waals surface area contributed by atoms with Gasteiger partial charge in [-0.15, -0.1) is 0 Å². The second-order valence-corrected chi connectivity index (χ2v) is 3.63. The highest BCUT2D eigenvalue weighted by Gasteiger charge is 2.16. The molecule has 1 aromatic rings. The Bertz CT molecular complexity index is 384. The van der Waals surface area contributed by atoms with Crippen LogP contribution >= 0.6 is 0 Å². The minimum Gasteiger partial charge on any atom is -0.386 e. The molecule has 15 heavy (non-hydrogen) atoms. The van der Waals surface area contributed by atoms with Crippen LogP contribution in [0.5, 0.6) is 0 Å². The first-order valence-corrected chi connectivity index (χ1v) is 5.06. The van der Waals surface area contributed by atoms with E-state index in [2.05, 4.69) is 0 Å². The van der Waals surface area contributed by atoms with Gasteiger partial charge in [-0.3, -0.25) is 4.79 Å². The first-order chi connectivity index (χ1) is 7.27. The van der Waals surface area contributed by atoms with E-state index in [1.165, 1.54) is 0 Å². The van der Waals surface area contributed by atoms with Gasteiger partial charge in [-0.05, 0) is 12.5 Å². The van der Waals surface area contributed by atoms with Gasteiger partial charge >= 0.3 is 0 Å². The molecule has 2 rings (SSSR count). The molecule has 0 radical (unpaired) electrons. The number of ketones is 1. The van der Waals surface area contributed by atoms with Crippen LogP contribution in [0.2, 0.25) is 0 Å². The van der Waals surface area contributed by atoms with Crippen molar-refractivity contribution in [3.63, 3.8) is 0 Å². The summed E-state index contributed by atoms with van der Waals surface area (Å²) in [5, 5.41) is 0. The molecule has 1 aliphatic rings. The molecule has 1 heterocycles. The van der Waals surface area contributed by atoms with Crippen molar-refractivity contribution in [2.75, 3.05) is 13.1 Å². The van der Waals surface area contributed by atoms with Crippen LogP contribution in [0.4, 0.5) is 0 Å². The number of nitrogens with two attached hydrogens (primary N) is 1. The van der Waals surface area contributed by atoms with Gasteiger partial charge < -0.3 is 10.6 Å². The summed E-state index contributed by atoms with van der Waals surface area (Å²) in [5.74, 6) is 0.841. The Labute approximate surface area is 89.2 Å². The second kappa shape index (κ2) is 4.17. The van der Waals surface area contributed by atoms with Crippen molar-refractivity contribution >= 4 is 5.78 Å². The summed E-state index contributed by atoms with van der Waals surface area (Å²) in [7, 11) is 0. The highest BCUT2D eigenvalue weighted by molar-refractivity contribution is 5.97. The van der Waals surface area contributed by atoms with Crippen LogP contribution in [0.1, 0.15) is 16.8 Å². The molecule has 0 atom stereocenters. The zero-order chi connectivity index (χ0) is 10.7.